The molecule has 0 spiro atoms. The Bertz CT molecular complexity index is 2000. The number of aryl methyl sites for hydroxylation is 3. The van der Waals surface area contributed by atoms with E-state index in [2.05, 4.69) is 52.5 Å². The second-order valence-corrected chi connectivity index (χ2v) is 13.7. The number of nitrogens with one attached hydrogen (secondary N) is 1. The molecule has 0 atom stereocenters. The fourth-order valence-electron chi connectivity index (χ4n) is 7.42. The minimum Gasteiger partial charge on any atom is -0.478 e. The van der Waals surface area contributed by atoms with E-state index in [1.165, 1.54) is 24.5 Å². The average molecular weight is 682 g/mol. The molecular formula is C36H37BrN6O3. The molecule has 1 amide bonds. The summed E-state index contributed by atoms with van der Waals surface area (Å²) < 4.78 is 5.10. The largest absolute Gasteiger partial charge is 0.478 e. The Labute approximate surface area is 275 Å². The SMILES string of the molecule is Cn1c(C2(NC(=O)c3ccc4c(C5CCCC5)c(-c5ncc(Br)cn5)n(C)c4c3)CCC2)nc2ccc(CC/C=C/C(=O)O)cc21. The van der Waals surface area contributed by atoms with Crippen LogP contribution < -0.4 is 5.32 Å². The summed E-state index contributed by atoms with van der Waals surface area (Å²) in [6.07, 6.45) is 15.2. The molecule has 2 fully saturated rings. The fraction of sp³-hybridized carbons (Fsp3) is 0.361. The molecule has 236 valence electrons. The summed E-state index contributed by atoms with van der Waals surface area (Å²) >= 11 is 3.46. The van der Waals surface area contributed by atoms with Crippen molar-refractivity contribution in [1.82, 2.24) is 29.4 Å². The van der Waals surface area contributed by atoms with Crippen LogP contribution in [0.5, 0.6) is 0 Å². The van der Waals surface area contributed by atoms with Crippen molar-refractivity contribution >= 4 is 49.7 Å². The van der Waals surface area contributed by atoms with Gasteiger partial charge < -0.3 is 19.6 Å². The third-order valence-corrected chi connectivity index (χ3v) is 10.3. The summed E-state index contributed by atoms with van der Waals surface area (Å²) in [6.45, 7) is 0. The molecule has 10 heteroatoms. The molecule has 0 unspecified atom stereocenters. The minimum atomic E-state index is -0.933. The Morgan fingerprint density at radius 2 is 1.78 bits per heavy atom. The first-order valence-corrected chi connectivity index (χ1v) is 16.8. The number of hydrogen-bond acceptors (Lipinski definition) is 5. The third-order valence-electron chi connectivity index (χ3n) is 9.89. The monoisotopic (exact) mass is 680 g/mol. The number of carbonyl (C=O) groups excluding carboxylic acids is 1. The van der Waals surface area contributed by atoms with Gasteiger partial charge in [-0.3, -0.25) is 4.79 Å². The maximum atomic E-state index is 14.0. The molecule has 46 heavy (non-hydrogen) atoms. The van der Waals surface area contributed by atoms with E-state index in [1.54, 1.807) is 18.5 Å². The third kappa shape index (κ3) is 5.42. The molecule has 2 aliphatic rings. The quantitative estimate of drug-likeness (QED) is 0.158. The Kier molecular flexibility index (Phi) is 8.00. The summed E-state index contributed by atoms with van der Waals surface area (Å²) in [7, 11) is 4.06. The smallest absolute Gasteiger partial charge is 0.327 e. The van der Waals surface area contributed by atoms with Gasteiger partial charge in [-0.1, -0.05) is 31.1 Å². The molecule has 3 aromatic heterocycles. The van der Waals surface area contributed by atoms with Crippen LogP contribution in [0.2, 0.25) is 0 Å². The van der Waals surface area contributed by atoms with Gasteiger partial charge in [-0.2, -0.15) is 0 Å². The van der Waals surface area contributed by atoms with Crippen LogP contribution in [0.25, 0.3) is 33.5 Å². The molecule has 9 nitrogen and oxygen atoms in total. The number of hydrogen-bond donors (Lipinski definition) is 2. The van der Waals surface area contributed by atoms with Crippen molar-refractivity contribution in [3.8, 4) is 11.5 Å². The number of aliphatic carboxylic acids is 1. The van der Waals surface area contributed by atoms with Crippen molar-refractivity contribution in [2.24, 2.45) is 14.1 Å². The van der Waals surface area contributed by atoms with Gasteiger partial charge in [-0.25, -0.2) is 19.7 Å². The van der Waals surface area contributed by atoms with Crippen LogP contribution in [0.4, 0.5) is 0 Å². The van der Waals surface area contributed by atoms with Crippen LogP contribution in [0.15, 0.2) is 65.4 Å². The van der Waals surface area contributed by atoms with Gasteiger partial charge in [0.25, 0.3) is 5.91 Å². The number of aromatic nitrogens is 5. The van der Waals surface area contributed by atoms with Gasteiger partial charge >= 0.3 is 5.97 Å². The summed E-state index contributed by atoms with van der Waals surface area (Å²) in [4.78, 5) is 39.1. The van der Waals surface area contributed by atoms with Crippen LogP contribution in [-0.2, 0) is 30.8 Å². The van der Waals surface area contributed by atoms with E-state index in [-0.39, 0.29) is 5.91 Å². The zero-order valence-corrected chi connectivity index (χ0v) is 27.7. The van der Waals surface area contributed by atoms with Crippen LogP contribution in [0.3, 0.4) is 0 Å². The second-order valence-electron chi connectivity index (χ2n) is 12.7. The molecule has 2 saturated carbocycles. The Hall–Kier alpha value is -4.31. The van der Waals surface area contributed by atoms with Crippen molar-refractivity contribution in [2.75, 3.05) is 0 Å². The first-order valence-electron chi connectivity index (χ1n) is 16.0. The van der Waals surface area contributed by atoms with E-state index in [0.29, 0.717) is 23.7 Å². The van der Waals surface area contributed by atoms with Crippen LogP contribution in [0, 0.1) is 0 Å². The number of carbonyl (C=O) groups is 2. The number of carboxylic acid groups (broad SMARTS) is 1. The molecule has 2 aromatic carbocycles. The molecule has 0 saturated heterocycles. The molecule has 3 heterocycles. The predicted molar refractivity (Wildman–Crippen MR) is 182 cm³/mol. The van der Waals surface area contributed by atoms with Gasteiger partial charge in [0.2, 0.25) is 0 Å². The molecule has 0 radical (unpaired) electrons. The number of halogens is 1. The number of nitrogens with zero attached hydrogens (tertiary/aromatic N) is 5. The minimum absolute atomic E-state index is 0.107. The Morgan fingerprint density at radius 1 is 1.02 bits per heavy atom. The number of fused-ring (bicyclic) bond motifs is 2. The number of imidazole rings is 1. The van der Waals surface area contributed by atoms with Crippen LogP contribution in [0.1, 0.15) is 84.6 Å². The van der Waals surface area contributed by atoms with Crippen molar-refractivity contribution in [3.63, 3.8) is 0 Å². The van der Waals surface area contributed by atoms with E-state index in [1.807, 2.05) is 38.4 Å². The topological polar surface area (TPSA) is 115 Å². The highest BCUT2D eigenvalue weighted by Gasteiger charge is 2.44. The van der Waals surface area contributed by atoms with Crippen LogP contribution >= 0.6 is 15.9 Å². The lowest BCUT2D eigenvalue weighted by Gasteiger charge is -2.41. The molecule has 5 aromatic rings. The van der Waals surface area contributed by atoms with Gasteiger partial charge in [0.05, 0.1) is 26.7 Å². The molecule has 7 rings (SSSR count). The van der Waals surface area contributed by atoms with Gasteiger partial charge in [0.15, 0.2) is 5.82 Å². The van der Waals surface area contributed by atoms with E-state index in [0.717, 1.165) is 82.0 Å². The van der Waals surface area contributed by atoms with Crippen molar-refractivity contribution in [1.29, 1.82) is 0 Å². The van der Waals surface area contributed by atoms with E-state index in [9.17, 15) is 9.59 Å². The van der Waals surface area contributed by atoms with E-state index in [4.69, 9.17) is 10.1 Å². The van der Waals surface area contributed by atoms with Gasteiger partial charge in [0.1, 0.15) is 5.82 Å². The molecule has 0 bridgehead atoms. The second kappa shape index (κ2) is 12.1. The summed E-state index contributed by atoms with van der Waals surface area (Å²) in [6, 6.07) is 12.2. The zero-order valence-electron chi connectivity index (χ0n) is 26.1. The molecule has 2 N–H and O–H groups in total. The standard InChI is InChI=1S/C36H37BrN6O3/c1-42-28-19-24(13-14-26(28)31(23-9-4-5-10-23)32(42)33-38-20-25(37)21-39-33)34(46)41-36(16-7-17-36)35-40-27-15-12-22(18-29(27)43(35)2)8-3-6-11-30(44)45/h6,11-15,18-21,23H,3-5,7-10,16-17H2,1-2H3,(H,41,46)(H,44,45)/b11-6+. The average Bonchev–Trinajstić information content (AvgIpc) is 3.74. The summed E-state index contributed by atoms with van der Waals surface area (Å²) in [5, 5.41) is 13.4. The predicted octanol–water partition coefficient (Wildman–Crippen LogP) is 7.32. The maximum Gasteiger partial charge on any atom is 0.327 e. The van der Waals surface area contributed by atoms with Gasteiger partial charge in [0, 0.05) is 49.0 Å². The number of carboxylic acids is 1. The van der Waals surface area contributed by atoms with E-state index < -0.39 is 11.5 Å². The highest BCUT2D eigenvalue weighted by atomic mass is 79.9. The zero-order chi connectivity index (χ0) is 32.0. The van der Waals surface area contributed by atoms with Crippen molar-refractivity contribution in [2.45, 2.75) is 69.2 Å². The highest BCUT2D eigenvalue weighted by molar-refractivity contribution is 9.10. The first-order chi connectivity index (χ1) is 22.2. The first kappa shape index (κ1) is 30.3. The van der Waals surface area contributed by atoms with Gasteiger partial charge in [-0.05, 0) is 102 Å². The lowest BCUT2D eigenvalue weighted by Crippen LogP contribution is -2.52. The summed E-state index contributed by atoms with van der Waals surface area (Å²) in [5.74, 6) is 0.970. The number of benzene rings is 2. The van der Waals surface area contributed by atoms with Crippen molar-refractivity contribution < 1.29 is 14.7 Å². The lowest BCUT2D eigenvalue weighted by molar-refractivity contribution is -0.131. The number of allylic oxidation sites excluding steroid dienone is 1. The van der Waals surface area contributed by atoms with Crippen molar-refractivity contribution in [3.05, 3.63) is 87.9 Å². The highest BCUT2D eigenvalue weighted by Crippen LogP contribution is 2.45. The lowest BCUT2D eigenvalue weighted by atomic mass is 9.75. The maximum absolute atomic E-state index is 14.0. The Morgan fingerprint density at radius 3 is 2.48 bits per heavy atom. The number of rotatable bonds is 9. The number of amides is 1. The normalized spacial score (nSPS) is 16.4. The van der Waals surface area contributed by atoms with Crippen LogP contribution in [-0.4, -0.2) is 41.1 Å². The molecule has 0 aliphatic heterocycles. The van der Waals surface area contributed by atoms with Gasteiger partial charge in [-0.15, -0.1) is 0 Å². The van der Waals surface area contributed by atoms with E-state index >= 15 is 0 Å². The molecule has 2 aliphatic carbocycles. The Balaban J connectivity index is 1.20. The summed E-state index contributed by atoms with van der Waals surface area (Å²) in [5.41, 5.74) is 6.41. The molecular weight excluding hydrogens is 644 g/mol. The fourth-order valence-corrected chi connectivity index (χ4v) is 7.62.